The molecule has 0 aliphatic heterocycles. The van der Waals surface area contributed by atoms with Crippen LogP contribution in [0.15, 0.2) is 41.3 Å². The van der Waals surface area contributed by atoms with E-state index in [2.05, 4.69) is 10.3 Å². The summed E-state index contributed by atoms with van der Waals surface area (Å²) in [6.07, 6.45) is 5.37. The molecule has 2 rings (SSSR count). The second kappa shape index (κ2) is 5.31. The summed E-state index contributed by atoms with van der Waals surface area (Å²) in [5, 5.41) is 3.34. The summed E-state index contributed by atoms with van der Waals surface area (Å²) in [6, 6.07) is 7.06. The van der Waals surface area contributed by atoms with Gasteiger partial charge in [-0.05, 0) is 11.6 Å². The zero-order valence-electron chi connectivity index (χ0n) is 10.1. The number of carbonyl (C=O) groups excluding carboxylic acids is 1. The average Bonchev–Trinajstić information content (AvgIpc) is 2.35. The lowest BCUT2D eigenvalue weighted by Gasteiger charge is -2.01. The Hall–Kier alpha value is -2.36. The van der Waals surface area contributed by atoms with Crippen molar-refractivity contribution >= 4 is 22.9 Å². The molecule has 1 amide bonds. The topological polar surface area (TPSA) is 62.0 Å². The molecule has 0 saturated carbocycles. The first kappa shape index (κ1) is 12.1. The first-order valence-corrected chi connectivity index (χ1v) is 5.70. The van der Waals surface area contributed by atoms with Gasteiger partial charge in [-0.3, -0.25) is 9.59 Å². The molecule has 2 aromatic rings. The van der Waals surface area contributed by atoms with Crippen molar-refractivity contribution < 1.29 is 4.79 Å². The summed E-state index contributed by atoms with van der Waals surface area (Å²) in [4.78, 5) is 25.4. The van der Waals surface area contributed by atoms with Crippen molar-refractivity contribution in [3.8, 4) is 0 Å². The van der Waals surface area contributed by atoms with E-state index in [1.807, 2.05) is 24.3 Å². The van der Waals surface area contributed by atoms with Crippen molar-refractivity contribution in [3.63, 3.8) is 0 Å². The number of aromatic nitrogens is 1. The number of pyridine rings is 1. The molecular formula is C14H14N2O2. The fourth-order valence-corrected chi connectivity index (χ4v) is 1.75. The highest BCUT2D eigenvalue weighted by molar-refractivity contribution is 5.86. The van der Waals surface area contributed by atoms with Crippen LogP contribution in [0, 0.1) is 0 Å². The normalized spacial score (nSPS) is 10.9. The number of H-pyrrole nitrogens is 1. The van der Waals surface area contributed by atoms with E-state index in [0.717, 1.165) is 11.1 Å². The number of hydrogen-bond acceptors (Lipinski definition) is 2. The molecule has 2 N–H and O–H groups in total. The number of benzene rings is 1. The Labute approximate surface area is 104 Å². The Morgan fingerprint density at radius 1 is 1.39 bits per heavy atom. The van der Waals surface area contributed by atoms with E-state index in [1.165, 1.54) is 13.0 Å². The highest BCUT2D eigenvalue weighted by atomic mass is 16.1. The van der Waals surface area contributed by atoms with Crippen molar-refractivity contribution in [1.82, 2.24) is 10.3 Å². The number of hydrogen-bond donors (Lipinski definition) is 2. The maximum Gasteiger partial charge on any atom is 0.217 e. The molecule has 4 heteroatoms. The lowest BCUT2D eigenvalue weighted by atomic mass is 10.1. The molecule has 1 aromatic heterocycles. The summed E-state index contributed by atoms with van der Waals surface area (Å²) in [5.74, 6) is -0.0639. The standard InChI is InChI=1S/C14H14N2O2/c1-10(17)15-8-3-5-11-4-2-6-12-13(18)7-9-16-14(11)12/h2-7,9H,8H2,1H3,(H,15,17)(H,16,18). The zero-order chi connectivity index (χ0) is 13.0. The predicted molar refractivity (Wildman–Crippen MR) is 72.3 cm³/mol. The smallest absolute Gasteiger partial charge is 0.217 e. The third kappa shape index (κ3) is 2.66. The van der Waals surface area contributed by atoms with E-state index in [4.69, 9.17) is 0 Å². The van der Waals surface area contributed by atoms with Gasteiger partial charge in [0.25, 0.3) is 0 Å². The highest BCUT2D eigenvalue weighted by Crippen LogP contribution is 2.14. The van der Waals surface area contributed by atoms with Gasteiger partial charge in [0.05, 0.1) is 5.52 Å². The molecule has 0 fully saturated rings. The van der Waals surface area contributed by atoms with Crippen LogP contribution in [0.4, 0.5) is 0 Å². The molecule has 4 nitrogen and oxygen atoms in total. The minimum atomic E-state index is -0.0639. The Balaban J connectivity index is 2.31. The van der Waals surface area contributed by atoms with Crippen molar-refractivity contribution in [1.29, 1.82) is 0 Å². The number of para-hydroxylation sites is 1. The molecule has 0 aliphatic rings. The molecule has 0 unspecified atom stereocenters. The van der Waals surface area contributed by atoms with Gasteiger partial charge in [0, 0.05) is 31.1 Å². The zero-order valence-corrected chi connectivity index (χ0v) is 10.1. The molecular weight excluding hydrogens is 228 g/mol. The van der Waals surface area contributed by atoms with Gasteiger partial charge in [0.1, 0.15) is 0 Å². The minimum Gasteiger partial charge on any atom is -0.360 e. The van der Waals surface area contributed by atoms with Crippen molar-refractivity contribution in [2.45, 2.75) is 6.92 Å². The van der Waals surface area contributed by atoms with E-state index in [9.17, 15) is 9.59 Å². The van der Waals surface area contributed by atoms with Crippen LogP contribution >= 0.6 is 0 Å². The van der Waals surface area contributed by atoms with Gasteiger partial charge in [-0.15, -0.1) is 0 Å². The lowest BCUT2D eigenvalue weighted by Crippen LogP contribution is -2.19. The largest absolute Gasteiger partial charge is 0.360 e. The molecule has 1 heterocycles. The molecule has 92 valence electrons. The van der Waals surface area contributed by atoms with Gasteiger partial charge in [-0.25, -0.2) is 0 Å². The summed E-state index contributed by atoms with van der Waals surface area (Å²) < 4.78 is 0. The van der Waals surface area contributed by atoms with Gasteiger partial charge in [0.2, 0.25) is 5.91 Å². The fourth-order valence-electron chi connectivity index (χ4n) is 1.75. The molecule has 0 atom stereocenters. The Morgan fingerprint density at radius 3 is 3.00 bits per heavy atom. The van der Waals surface area contributed by atoms with Gasteiger partial charge in [-0.2, -0.15) is 0 Å². The third-order valence-corrected chi connectivity index (χ3v) is 2.59. The summed E-state index contributed by atoms with van der Waals surface area (Å²) in [6.45, 7) is 1.95. The van der Waals surface area contributed by atoms with Crippen molar-refractivity contribution in [2.24, 2.45) is 0 Å². The Kier molecular flexibility index (Phi) is 3.57. The van der Waals surface area contributed by atoms with Crippen LogP contribution in [0.2, 0.25) is 0 Å². The van der Waals surface area contributed by atoms with Gasteiger partial charge >= 0.3 is 0 Å². The van der Waals surface area contributed by atoms with E-state index in [0.29, 0.717) is 11.9 Å². The molecule has 18 heavy (non-hydrogen) atoms. The van der Waals surface area contributed by atoms with E-state index in [-0.39, 0.29) is 11.3 Å². The minimum absolute atomic E-state index is 0.000797. The van der Waals surface area contributed by atoms with E-state index in [1.54, 1.807) is 12.3 Å². The third-order valence-electron chi connectivity index (χ3n) is 2.59. The predicted octanol–water partition coefficient (Wildman–Crippen LogP) is 1.68. The van der Waals surface area contributed by atoms with Gasteiger partial charge < -0.3 is 10.3 Å². The van der Waals surface area contributed by atoms with Crippen molar-refractivity contribution in [2.75, 3.05) is 6.54 Å². The maximum atomic E-state index is 11.6. The first-order valence-electron chi connectivity index (χ1n) is 5.70. The second-order valence-electron chi connectivity index (χ2n) is 3.95. The molecule has 0 saturated heterocycles. The fraction of sp³-hybridized carbons (Fsp3) is 0.143. The summed E-state index contributed by atoms with van der Waals surface area (Å²) in [5.41, 5.74) is 1.74. The first-order chi connectivity index (χ1) is 8.68. The molecule has 0 aliphatic carbocycles. The Morgan fingerprint density at radius 2 is 2.22 bits per heavy atom. The van der Waals surface area contributed by atoms with E-state index < -0.39 is 0 Å². The van der Waals surface area contributed by atoms with Gasteiger partial charge in [0.15, 0.2) is 5.43 Å². The quantitative estimate of drug-likeness (QED) is 0.860. The number of fused-ring (bicyclic) bond motifs is 1. The summed E-state index contributed by atoms with van der Waals surface area (Å²) in [7, 11) is 0. The van der Waals surface area contributed by atoms with Crippen LogP contribution in [-0.2, 0) is 4.79 Å². The van der Waals surface area contributed by atoms with Crippen LogP contribution in [0.1, 0.15) is 12.5 Å². The number of rotatable bonds is 3. The number of nitrogens with one attached hydrogen (secondary N) is 2. The van der Waals surface area contributed by atoms with Crippen LogP contribution in [0.3, 0.4) is 0 Å². The van der Waals surface area contributed by atoms with Gasteiger partial charge in [-0.1, -0.05) is 24.3 Å². The monoisotopic (exact) mass is 242 g/mol. The number of amides is 1. The molecule has 1 aromatic carbocycles. The highest BCUT2D eigenvalue weighted by Gasteiger charge is 2.00. The lowest BCUT2D eigenvalue weighted by molar-refractivity contribution is -0.118. The molecule has 0 spiro atoms. The average molecular weight is 242 g/mol. The van der Waals surface area contributed by atoms with Crippen LogP contribution < -0.4 is 10.7 Å². The summed E-state index contributed by atoms with van der Waals surface area (Å²) >= 11 is 0. The molecule has 0 radical (unpaired) electrons. The van der Waals surface area contributed by atoms with Crippen LogP contribution in [-0.4, -0.2) is 17.4 Å². The van der Waals surface area contributed by atoms with Crippen molar-refractivity contribution in [3.05, 3.63) is 52.3 Å². The number of carbonyl (C=O) groups is 1. The second-order valence-corrected chi connectivity index (χ2v) is 3.95. The van der Waals surface area contributed by atoms with E-state index >= 15 is 0 Å². The molecule has 0 bridgehead atoms. The van der Waals surface area contributed by atoms with Crippen LogP contribution in [0.25, 0.3) is 17.0 Å². The van der Waals surface area contributed by atoms with Crippen LogP contribution in [0.5, 0.6) is 0 Å². The Bertz CT molecular complexity index is 656. The SMILES string of the molecule is CC(=O)NCC=Cc1cccc2c(=O)cc[nH]c12. The number of aromatic amines is 1. The maximum absolute atomic E-state index is 11.6.